The molecule has 1 saturated heterocycles. The predicted molar refractivity (Wildman–Crippen MR) is 130 cm³/mol. The maximum atomic E-state index is 13.6. The molecular weight excluding hydrogens is 469 g/mol. The Labute approximate surface area is 208 Å². The van der Waals surface area contributed by atoms with Gasteiger partial charge < -0.3 is 29.9 Å². The lowest BCUT2D eigenvalue weighted by Crippen LogP contribution is -2.52. The molecule has 1 aromatic heterocycles. The number of hydrogen-bond donors (Lipinski definition) is 3. The summed E-state index contributed by atoms with van der Waals surface area (Å²) >= 11 is 0. The van der Waals surface area contributed by atoms with E-state index < -0.39 is 36.8 Å². The van der Waals surface area contributed by atoms with Crippen LogP contribution in [-0.4, -0.2) is 83.3 Å². The van der Waals surface area contributed by atoms with Crippen LogP contribution < -0.4 is 15.0 Å². The van der Waals surface area contributed by atoms with Crippen molar-refractivity contribution in [3.8, 4) is 17.0 Å². The number of hydrogen-bond acceptors (Lipinski definition) is 8. The molecule has 1 aliphatic heterocycles. The summed E-state index contributed by atoms with van der Waals surface area (Å²) in [5.74, 6) is 0.0160. The van der Waals surface area contributed by atoms with Gasteiger partial charge in [-0.3, -0.25) is 4.79 Å². The number of carbonyl (C=O) groups excluding carboxylic acids is 1. The number of anilines is 1. The second-order valence-corrected chi connectivity index (χ2v) is 8.64. The van der Waals surface area contributed by atoms with Gasteiger partial charge in [-0.2, -0.15) is 0 Å². The van der Waals surface area contributed by atoms with E-state index in [1.807, 2.05) is 36.2 Å². The number of aliphatic hydroxyl groups is 2. The Balaban J connectivity index is 1.38. The minimum Gasteiger partial charge on any atom is -0.497 e. The first kappa shape index (κ1) is 25.5. The average Bonchev–Trinajstić information content (AvgIpc) is 3.39. The van der Waals surface area contributed by atoms with Crippen LogP contribution in [0.15, 0.2) is 54.7 Å². The molecule has 0 unspecified atom stereocenters. The normalized spacial score (nSPS) is 21.7. The zero-order valence-electron chi connectivity index (χ0n) is 20.1. The van der Waals surface area contributed by atoms with Gasteiger partial charge in [0.05, 0.1) is 26.0 Å². The van der Waals surface area contributed by atoms with E-state index in [1.165, 1.54) is 16.8 Å². The second kappa shape index (κ2) is 11.5. The standard InChI is InChI=1S/C25H30FN5O5/c1-30(18-6-8-19(35-2)9-7-18)11-10-27-25(34)22-13-21(24(33)23(15-32)36-22)31-14-20(28-29-31)16-4-3-5-17(26)12-16/h3-9,12,14,21-24,32-33H,10-11,13,15H2,1-2H3,(H,27,34)/t21-,22-,23-,24-/m1/s1. The topological polar surface area (TPSA) is 122 Å². The summed E-state index contributed by atoms with van der Waals surface area (Å²) in [5.41, 5.74) is 1.94. The first-order valence-electron chi connectivity index (χ1n) is 11.6. The number of halogens is 1. The van der Waals surface area contributed by atoms with E-state index in [0.29, 0.717) is 24.3 Å². The number of amides is 1. The maximum absolute atomic E-state index is 13.6. The molecule has 4 rings (SSSR count). The van der Waals surface area contributed by atoms with E-state index in [0.717, 1.165) is 11.4 Å². The maximum Gasteiger partial charge on any atom is 0.249 e. The molecule has 10 nitrogen and oxygen atoms in total. The lowest BCUT2D eigenvalue weighted by atomic mass is 9.95. The summed E-state index contributed by atoms with van der Waals surface area (Å²) in [6.07, 6.45) is -1.26. The van der Waals surface area contributed by atoms with Crippen LogP contribution in [-0.2, 0) is 9.53 Å². The molecule has 3 N–H and O–H groups in total. The number of carbonyl (C=O) groups is 1. The Morgan fingerprint density at radius 1 is 1.31 bits per heavy atom. The second-order valence-electron chi connectivity index (χ2n) is 8.64. The number of rotatable bonds is 9. The fourth-order valence-corrected chi connectivity index (χ4v) is 4.18. The number of methoxy groups -OCH3 is 1. The van der Waals surface area contributed by atoms with Crippen molar-refractivity contribution in [2.45, 2.75) is 30.8 Å². The number of nitrogens with zero attached hydrogens (tertiary/aromatic N) is 4. The highest BCUT2D eigenvalue weighted by Crippen LogP contribution is 2.30. The van der Waals surface area contributed by atoms with Gasteiger partial charge in [0.25, 0.3) is 0 Å². The molecule has 0 bridgehead atoms. The predicted octanol–water partition coefficient (Wildman–Crippen LogP) is 1.40. The van der Waals surface area contributed by atoms with E-state index in [9.17, 15) is 19.4 Å². The SMILES string of the molecule is COc1ccc(N(C)CCNC(=O)[C@H]2C[C@@H](n3cc(-c4cccc(F)c4)nn3)[C@@H](O)[C@@H](CO)O2)cc1. The lowest BCUT2D eigenvalue weighted by molar-refractivity contribution is -0.171. The fraction of sp³-hybridized carbons (Fsp3) is 0.400. The van der Waals surface area contributed by atoms with Crippen molar-refractivity contribution in [1.29, 1.82) is 0 Å². The van der Waals surface area contributed by atoms with Crippen molar-refractivity contribution in [3.05, 3.63) is 60.5 Å². The van der Waals surface area contributed by atoms with Gasteiger partial charge >= 0.3 is 0 Å². The molecule has 0 aliphatic carbocycles. The van der Waals surface area contributed by atoms with Crippen molar-refractivity contribution >= 4 is 11.6 Å². The summed E-state index contributed by atoms with van der Waals surface area (Å²) in [7, 11) is 3.53. The molecule has 0 radical (unpaired) electrons. The monoisotopic (exact) mass is 499 g/mol. The number of aromatic nitrogens is 3. The molecule has 192 valence electrons. The fourth-order valence-electron chi connectivity index (χ4n) is 4.18. The van der Waals surface area contributed by atoms with E-state index in [4.69, 9.17) is 9.47 Å². The van der Waals surface area contributed by atoms with Crippen LogP contribution in [0.25, 0.3) is 11.3 Å². The third kappa shape index (κ3) is 5.81. The van der Waals surface area contributed by atoms with Gasteiger partial charge in [0, 0.05) is 37.8 Å². The number of benzene rings is 2. The van der Waals surface area contributed by atoms with Crippen molar-refractivity contribution < 1.29 is 28.9 Å². The molecule has 11 heteroatoms. The van der Waals surface area contributed by atoms with Crippen molar-refractivity contribution in [2.75, 3.05) is 38.8 Å². The molecular formula is C25H30FN5O5. The average molecular weight is 500 g/mol. The Morgan fingerprint density at radius 3 is 2.78 bits per heavy atom. The van der Waals surface area contributed by atoms with Crippen LogP contribution in [0.2, 0.25) is 0 Å². The summed E-state index contributed by atoms with van der Waals surface area (Å²) in [5, 5.41) is 31.5. The zero-order valence-corrected chi connectivity index (χ0v) is 20.1. The number of aliphatic hydroxyl groups excluding tert-OH is 2. The minimum absolute atomic E-state index is 0.129. The molecule has 4 atom stereocenters. The molecule has 0 saturated carbocycles. The number of likely N-dealkylation sites (N-methyl/N-ethyl adjacent to an activating group) is 1. The van der Waals surface area contributed by atoms with Gasteiger partial charge in [-0.15, -0.1) is 5.10 Å². The number of nitrogens with one attached hydrogen (secondary N) is 1. The van der Waals surface area contributed by atoms with E-state index in [-0.39, 0.29) is 12.3 Å². The molecule has 1 aliphatic rings. The highest BCUT2D eigenvalue weighted by molar-refractivity contribution is 5.81. The minimum atomic E-state index is -1.11. The smallest absolute Gasteiger partial charge is 0.249 e. The lowest BCUT2D eigenvalue weighted by Gasteiger charge is -2.37. The molecule has 1 amide bonds. The first-order chi connectivity index (χ1) is 17.4. The first-order valence-corrected chi connectivity index (χ1v) is 11.6. The highest BCUT2D eigenvalue weighted by atomic mass is 19.1. The van der Waals surface area contributed by atoms with Crippen LogP contribution in [0.4, 0.5) is 10.1 Å². The molecule has 3 aromatic rings. The quantitative estimate of drug-likeness (QED) is 0.404. The third-order valence-corrected chi connectivity index (χ3v) is 6.27. The summed E-state index contributed by atoms with van der Waals surface area (Å²) in [4.78, 5) is 14.9. The van der Waals surface area contributed by atoms with Crippen LogP contribution in [0, 0.1) is 5.82 Å². The van der Waals surface area contributed by atoms with Crippen molar-refractivity contribution in [1.82, 2.24) is 20.3 Å². The van der Waals surface area contributed by atoms with E-state index >= 15 is 0 Å². The molecule has 1 fully saturated rings. The van der Waals surface area contributed by atoms with Gasteiger partial charge in [0.15, 0.2) is 0 Å². The van der Waals surface area contributed by atoms with Gasteiger partial charge in [-0.25, -0.2) is 9.07 Å². The van der Waals surface area contributed by atoms with Gasteiger partial charge in [0.2, 0.25) is 5.91 Å². The van der Waals surface area contributed by atoms with E-state index in [1.54, 1.807) is 25.4 Å². The number of ether oxygens (including phenoxy) is 2. The Morgan fingerprint density at radius 2 is 2.08 bits per heavy atom. The van der Waals surface area contributed by atoms with Gasteiger partial charge in [0.1, 0.15) is 35.6 Å². The molecule has 36 heavy (non-hydrogen) atoms. The summed E-state index contributed by atoms with van der Waals surface area (Å²) in [6.45, 7) is 0.457. The Kier molecular flexibility index (Phi) is 8.14. The third-order valence-electron chi connectivity index (χ3n) is 6.27. The highest BCUT2D eigenvalue weighted by Gasteiger charge is 2.41. The van der Waals surface area contributed by atoms with Crippen LogP contribution in [0.3, 0.4) is 0 Å². The van der Waals surface area contributed by atoms with Gasteiger partial charge in [-0.1, -0.05) is 17.3 Å². The van der Waals surface area contributed by atoms with Crippen LogP contribution >= 0.6 is 0 Å². The molecule has 0 spiro atoms. The summed E-state index contributed by atoms with van der Waals surface area (Å²) in [6, 6.07) is 12.9. The van der Waals surface area contributed by atoms with Crippen molar-refractivity contribution in [2.24, 2.45) is 0 Å². The zero-order chi connectivity index (χ0) is 25.7. The van der Waals surface area contributed by atoms with Crippen molar-refractivity contribution in [3.63, 3.8) is 0 Å². The van der Waals surface area contributed by atoms with Gasteiger partial charge in [-0.05, 0) is 36.4 Å². The van der Waals surface area contributed by atoms with E-state index in [2.05, 4.69) is 15.6 Å². The Bertz CT molecular complexity index is 1160. The summed E-state index contributed by atoms with van der Waals surface area (Å²) < 4.78 is 25.9. The molecule has 2 heterocycles. The Hall–Kier alpha value is -3.54. The van der Waals surface area contributed by atoms with Crippen LogP contribution in [0.1, 0.15) is 12.5 Å². The van der Waals surface area contributed by atoms with Crippen LogP contribution in [0.5, 0.6) is 5.75 Å². The molecule has 2 aromatic carbocycles. The largest absolute Gasteiger partial charge is 0.497 e.